The first kappa shape index (κ1) is 13.5. The quantitative estimate of drug-likeness (QED) is 0.636. The Hall–Kier alpha value is -2.20. The third kappa shape index (κ3) is 2.03. The first-order valence-corrected chi connectivity index (χ1v) is 7.53. The minimum absolute atomic E-state index is 0.00435. The topological polar surface area (TPSA) is 60.2 Å². The molecule has 2 aromatic carbocycles. The highest BCUT2D eigenvalue weighted by molar-refractivity contribution is 6.31. The number of hydrogen-bond acceptors (Lipinski definition) is 4. The second-order valence-electron chi connectivity index (χ2n) is 5.64. The van der Waals surface area contributed by atoms with Crippen molar-refractivity contribution in [3.8, 4) is 0 Å². The number of ketones is 2. The first-order chi connectivity index (χ1) is 10.6. The maximum Gasteiger partial charge on any atom is 0.167 e. The Morgan fingerprint density at radius 1 is 1.18 bits per heavy atom. The maximum absolute atomic E-state index is 12.2. The summed E-state index contributed by atoms with van der Waals surface area (Å²) in [6.45, 7) is 0. The molecule has 3 aromatic rings. The summed E-state index contributed by atoms with van der Waals surface area (Å²) in [6.07, 6.45) is 0.917. The van der Waals surface area contributed by atoms with Gasteiger partial charge in [-0.3, -0.25) is 9.59 Å². The second-order valence-corrected chi connectivity index (χ2v) is 6.08. The highest BCUT2D eigenvalue weighted by atomic mass is 35.5. The van der Waals surface area contributed by atoms with E-state index in [0.29, 0.717) is 29.1 Å². The van der Waals surface area contributed by atoms with Crippen molar-refractivity contribution in [1.29, 1.82) is 0 Å². The molecule has 5 heteroatoms. The van der Waals surface area contributed by atoms with Crippen LogP contribution in [0.5, 0.6) is 0 Å². The Morgan fingerprint density at radius 3 is 2.86 bits per heavy atom. The standard InChI is InChI=1S/C17H12ClNO3/c18-10-2-4-12-9(7-10)1-6-15-16(12)17(19-22-15)13-5-3-11(20)8-14(13)21/h1-2,4,6-7,13H,3,5,8H2/t13-/m1/s1. The molecule has 110 valence electrons. The van der Waals surface area contributed by atoms with E-state index in [2.05, 4.69) is 5.16 Å². The molecule has 22 heavy (non-hydrogen) atoms. The van der Waals surface area contributed by atoms with Crippen molar-refractivity contribution in [3.05, 3.63) is 41.0 Å². The zero-order valence-corrected chi connectivity index (χ0v) is 12.4. The van der Waals surface area contributed by atoms with E-state index in [-0.39, 0.29) is 23.9 Å². The fraction of sp³-hybridized carbons (Fsp3) is 0.235. The van der Waals surface area contributed by atoms with Crippen LogP contribution in [-0.4, -0.2) is 16.7 Å². The van der Waals surface area contributed by atoms with E-state index in [9.17, 15) is 9.59 Å². The molecule has 1 fully saturated rings. The van der Waals surface area contributed by atoms with E-state index in [1.54, 1.807) is 0 Å². The molecule has 0 N–H and O–H groups in total. The molecule has 0 saturated heterocycles. The number of halogens is 1. The summed E-state index contributed by atoms with van der Waals surface area (Å²) in [5, 5.41) is 7.57. The van der Waals surface area contributed by atoms with Gasteiger partial charge >= 0.3 is 0 Å². The zero-order chi connectivity index (χ0) is 15.3. The molecule has 0 bridgehead atoms. The Kier molecular flexibility index (Phi) is 3.01. The molecule has 1 heterocycles. The van der Waals surface area contributed by atoms with Crippen molar-refractivity contribution in [2.24, 2.45) is 0 Å². The Morgan fingerprint density at radius 2 is 2.05 bits per heavy atom. The summed E-state index contributed by atoms with van der Waals surface area (Å²) in [7, 11) is 0. The van der Waals surface area contributed by atoms with Gasteiger partial charge in [-0.25, -0.2) is 0 Å². The smallest absolute Gasteiger partial charge is 0.167 e. The lowest BCUT2D eigenvalue weighted by Gasteiger charge is -2.17. The number of nitrogens with zero attached hydrogens (tertiary/aromatic N) is 1. The monoisotopic (exact) mass is 313 g/mol. The van der Waals surface area contributed by atoms with Crippen molar-refractivity contribution < 1.29 is 14.1 Å². The van der Waals surface area contributed by atoms with Crippen molar-refractivity contribution in [1.82, 2.24) is 5.16 Å². The molecule has 0 unspecified atom stereocenters. The van der Waals surface area contributed by atoms with Crippen LogP contribution in [0.2, 0.25) is 5.02 Å². The minimum atomic E-state index is -0.361. The Balaban J connectivity index is 1.95. The number of rotatable bonds is 1. The number of carbonyl (C=O) groups is 2. The molecule has 1 saturated carbocycles. The molecule has 1 aliphatic carbocycles. The molecule has 0 spiro atoms. The second kappa shape index (κ2) is 4.92. The molecule has 0 radical (unpaired) electrons. The number of benzene rings is 2. The summed E-state index contributed by atoms with van der Waals surface area (Å²) in [4.78, 5) is 23.6. The van der Waals surface area contributed by atoms with Crippen LogP contribution >= 0.6 is 11.6 Å². The summed E-state index contributed by atoms with van der Waals surface area (Å²) in [6, 6.07) is 9.36. The van der Waals surface area contributed by atoms with Crippen LogP contribution in [-0.2, 0) is 9.59 Å². The average molecular weight is 314 g/mol. The van der Waals surface area contributed by atoms with E-state index in [1.165, 1.54) is 0 Å². The largest absolute Gasteiger partial charge is 0.356 e. The third-order valence-corrected chi connectivity index (χ3v) is 4.48. The number of fused-ring (bicyclic) bond motifs is 3. The molecule has 0 aliphatic heterocycles. The molecule has 0 amide bonds. The van der Waals surface area contributed by atoms with Crippen LogP contribution in [0.3, 0.4) is 0 Å². The van der Waals surface area contributed by atoms with Crippen molar-refractivity contribution in [3.63, 3.8) is 0 Å². The lowest BCUT2D eigenvalue weighted by atomic mass is 9.83. The van der Waals surface area contributed by atoms with Gasteiger partial charge in [0.1, 0.15) is 17.3 Å². The first-order valence-electron chi connectivity index (χ1n) is 7.15. The van der Waals surface area contributed by atoms with Crippen molar-refractivity contribution in [2.75, 3.05) is 0 Å². The summed E-state index contributed by atoms with van der Waals surface area (Å²) in [5.74, 6) is -0.427. The van der Waals surface area contributed by atoms with Crippen LogP contribution in [0, 0.1) is 0 Å². The van der Waals surface area contributed by atoms with Gasteiger partial charge < -0.3 is 4.52 Å². The SMILES string of the molecule is O=C1CC[C@@H](c2noc3ccc4cc(Cl)ccc4c23)C(=O)C1. The molecular formula is C17H12ClNO3. The van der Waals surface area contributed by atoms with Gasteiger partial charge in [0.15, 0.2) is 5.58 Å². The summed E-state index contributed by atoms with van der Waals surface area (Å²) < 4.78 is 5.40. The van der Waals surface area contributed by atoms with Crippen molar-refractivity contribution in [2.45, 2.75) is 25.2 Å². The molecule has 1 aromatic heterocycles. The number of aromatic nitrogens is 1. The fourth-order valence-corrected chi connectivity index (χ4v) is 3.34. The van der Waals surface area contributed by atoms with Gasteiger partial charge in [-0.05, 0) is 35.4 Å². The van der Waals surface area contributed by atoms with E-state index in [1.807, 2.05) is 30.3 Å². The number of hydrogen-bond donors (Lipinski definition) is 0. The molecular weight excluding hydrogens is 302 g/mol. The Bertz CT molecular complexity index is 928. The summed E-state index contributed by atoms with van der Waals surface area (Å²) >= 11 is 6.04. The van der Waals surface area contributed by atoms with Gasteiger partial charge in [-0.2, -0.15) is 0 Å². The summed E-state index contributed by atoms with van der Waals surface area (Å²) in [5.41, 5.74) is 1.29. The highest BCUT2D eigenvalue weighted by Gasteiger charge is 2.32. The van der Waals surface area contributed by atoms with Gasteiger partial charge in [0.2, 0.25) is 0 Å². The van der Waals surface area contributed by atoms with E-state index in [0.717, 1.165) is 16.2 Å². The van der Waals surface area contributed by atoms with E-state index >= 15 is 0 Å². The number of carbonyl (C=O) groups excluding carboxylic acids is 2. The molecule has 1 atom stereocenters. The number of Topliss-reactive ketones (excluding diaryl/α,β-unsaturated/α-hetero) is 2. The van der Waals surface area contributed by atoms with Gasteiger partial charge in [0, 0.05) is 11.4 Å². The zero-order valence-electron chi connectivity index (χ0n) is 11.6. The molecule has 4 rings (SSSR count). The molecule has 1 aliphatic rings. The predicted octanol–water partition coefficient (Wildman–Crippen LogP) is 4.04. The average Bonchev–Trinajstić information content (AvgIpc) is 2.91. The Labute approximate surface area is 131 Å². The van der Waals surface area contributed by atoms with Crippen LogP contribution in [0.15, 0.2) is 34.9 Å². The minimum Gasteiger partial charge on any atom is -0.356 e. The lowest BCUT2D eigenvalue weighted by Crippen LogP contribution is -2.23. The van der Waals surface area contributed by atoms with Crippen LogP contribution < -0.4 is 0 Å². The van der Waals surface area contributed by atoms with Gasteiger partial charge in [0.05, 0.1) is 17.7 Å². The lowest BCUT2D eigenvalue weighted by molar-refractivity contribution is -0.130. The van der Waals surface area contributed by atoms with Crippen LogP contribution in [0.4, 0.5) is 0 Å². The van der Waals surface area contributed by atoms with Crippen LogP contribution in [0.25, 0.3) is 21.7 Å². The van der Waals surface area contributed by atoms with E-state index < -0.39 is 0 Å². The fourth-order valence-electron chi connectivity index (χ4n) is 3.16. The normalized spacial score (nSPS) is 19.2. The van der Waals surface area contributed by atoms with Crippen molar-refractivity contribution >= 4 is 44.9 Å². The van der Waals surface area contributed by atoms with Crippen LogP contribution in [0.1, 0.15) is 30.9 Å². The third-order valence-electron chi connectivity index (χ3n) is 4.24. The highest BCUT2D eigenvalue weighted by Crippen LogP contribution is 2.37. The molecule has 4 nitrogen and oxygen atoms in total. The van der Waals surface area contributed by atoms with Gasteiger partial charge in [-0.15, -0.1) is 0 Å². The maximum atomic E-state index is 12.2. The van der Waals surface area contributed by atoms with E-state index in [4.69, 9.17) is 16.1 Å². The van der Waals surface area contributed by atoms with Gasteiger partial charge in [0.25, 0.3) is 0 Å². The van der Waals surface area contributed by atoms with Gasteiger partial charge in [-0.1, -0.05) is 28.9 Å². The predicted molar refractivity (Wildman–Crippen MR) is 83.1 cm³/mol.